The minimum absolute atomic E-state index is 0.0478. The van der Waals surface area contributed by atoms with Crippen LogP contribution >= 0.6 is 0 Å². The maximum atomic E-state index is 13.5. The molecule has 0 N–H and O–H groups in total. The second-order valence-corrected chi connectivity index (χ2v) is 9.79. The van der Waals surface area contributed by atoms with Crippen LogP contribution in [0.4, 0.5) is 0 Å². The molecule has 2 bridgehead atoms. The Labute approximate surface area is 169 Å². The SMILES string of the molecule is COc1ccc2c(c1)C[C@@H]1N(C(=O)C3CCC(OC)CC3)CC[C@@]2(C)C1(C)C. The van der Waals surface area contributed by atoms with Crippen molar-refractivity contribution in [1.29, 1.82) is 0 Å². The van der Waals surface area contributed by atoms with Gasteiger partial charge in [0.05, 0.1) is 13.2 Å². The molecule has 3 aliphatic rings. The van der Waals surface area contributed by atoms with Crippen LogP contribution in [0.25, 0.3) is 0 Å². The second-order valence-electron chi connectivity index (χ2n) is 9.79. The van der Waals surface area contributed by atoms with Crippen LogP contribution in [0.2, 0.25) is 0 Å². The number of nitrogens with zero attached hydrogens (tertiary/aromatic N) is 1. The van der Waals surface area contributed by atoms with E-state index >= 15 is 0 Å². The first-order valence-electron chi connectivity index (χ1n) is 10.8. The van der Waals surface area contributed by atoms with E-state index in [2.05, 4.69) is 43.9 Å². The fourth-order valence-electron chi connectivity index (χ4n) is 6.08. The third-order valence-electron chi connectivity index (χ3n) is 8.44. The van der Waals surface area contributed by atoms with E-state index in [-0.39, 0.29) is 22.8 Å². The normalized spacial score (nSPS) is 33.9. The molecule has 28 heavy (non-hydrogen) atoms. The number of hydrogen-bond acceptors (Lipinski definition) is 3. The lowest BCUT2D eigenvalue weighted by molar-refractivity contribution is -0.150. The molecular weight excluding hydrogens is 350 g/mol. The zero-order chi connectivity index (χ0) is 20.1. The van der Waals surface area contributed by atoms with Crippen LogP contribution < -0.4 is 4.74 Å². The Hall–Kier alpha value is -1.55. The van der Waals surface area contributed by atoms with Crippen molar-refractivity contribution in [3.05, 3.63) is 29.3 Å². The summed E-state index contributed by atoms with van der Waals surface area (Å²) in [4.78, 5) is 15.8. The summed E-state index contributed by atoms with van der Waals surface area (Å²) < 4.78 is 11.0. The molecule has 1 aromatic carbocycles. The molecule has 4 rings (SSSR count). The molecule has 1 saturated carbocycles. The van der Waals surface area contributed by atoms with E-state index in [4.69, 9.17) is 9.47 Å². The fourth-order valence-corrected chi connectivity index (χ4v) is 6.08. The van der Waals surface area contributed by atoms with Gasteiger partial charge in [0.15, 0.2) is 0 Å². The summed E-state index contributed by atoms with van der Waals surface area (Å²) in [5.74, 6) is 1.45. The number of hydrogen-bond donors (Lipinski definition) is 0. The molecular formula is C24H35NO3. The van der Waals surface area contributed by atoms with Gasteiger partial charge in [0, 0.05) is 31.0 Å². The predicted octanol–water partition coefficient (Wildman–Crippen LogP) is 4.34. The molecule has 1 heterocycles. The van der Waals surface area contributed by atoms with E-state index in [0.717, 1.165) is 50.8 Å². The summed E-state index contributed by atoms with van der Waals surface area (Å²) in [6, 6.07) is 6.79. The number of ether oxygens (including phenoxy) is 2. The average Bonchev–Trinajstić information content (AvgIpc) is 2.70. The van der Waals surface area contributed by atoms with Crippen molar-refractivity contribution in [3.63, 3.8) is 0 Å². The number of likely N-dealkylation sites (tertiary alicyclic amines) is 1. The van der Waals surface area contributed by atoms with E-state index in [1.165, 1.54) is 11.1 Å². The summed E-state index contributed by atoms with van der Waals surface area (Å²) in [6.45, 7) is 8.01. The minimum Gasteiger partial charge on any atom is -0.497 e. The van der Waals surface area contributed by atoms with Gasteiger partial charge in [-0.1, -0.05) is 26.8 Å². The number of piperidine rings is 1. The van der Waals surface area contributed by atoms with Gasteiger partial charge in [0.2, 0.25) is 5.91 Å². The first-order valence-corrected chi connectivity index (χ1v) is 10.8. The topological polar surface area (TPSA) is 38.8 Å². The highest BCUT2D eigenvalue weighted by molar-refractivity contribution is 5.80. The van der Waals surface area contributed by atoms with Gasteiger partial charge in [-0.3, -0.25) is 4.79 Å². The van der Waals surface area contributed by atoms with E-state index in [9.17, 15) is 4.79 Å². The van der Waals surface area contributed by atoms with E-state index in [0.29, 0.717) is 12.0 Å². The van der Waals surface area contributed by atoms with Crippen molar-refractivity contribution in [2.24, 2.45) is 11.3 Å². The third-order valence-corrected chi connectivity index (χ3v) is 8.44. The summed E-state index contributed by atoms with van der Waals surface area (Å²) in [6.07, 6.45) is 6.22. The standard InChI is InChI=1S/C24H35NO3/c1-23(2)21-15-17-14-19(28-5)10-11-20(17)24(23,3)12-13-25(21)22(26)16-6-8-18(27-4)9-7-16/h10-11,14,16,18,21H,6-9,12-13,15H2,1-5H3/t16?,18?,21-,24+/m0/s1. The summed E-state index contributed by atoms with van der Waals surface area (Å²) in [5, 5.41) is 0. The van der Waals surface area contributed by atoms with E-state index in [1.54, 1.807) is 14.2 Å². The first kappa shape index (κ1) is 19.8. The molecule has 2 aliphatic carbocycles. The van der Waals surface area contributed by atoms with Crippen LogP contribution in [0.1, 0.15) is 64.0 Å². The fraction of sp³-hybridized carbons (Fsp3) is 0.708. The van der Waals surface area contributed by atoms with Crippen LogP contribution in [-0.4, -0.2) is 43.7 Å². The Kier molecular flexibility index (Phi) is 4.97. The van der Waals surface area contributed by atoms with Gasteiger partial charge in [0.1, 0.15) is 5.75 Å². The number of carbonyl (C=O) groups excluding carboxylic acids is 1. The molecule has 0 unspecified atom stereocenters. The molecule has 2 atom stereocenters. The number of methoxy groups -OCH3 is 2. The molecule has 4 heteroatoms. The lowest BCUT2D eigenvalue weighted by atomic mass is 9.51. The molecule has 0 spiro atoms. The Morgan fingerprint density at radius 2 is 1.82 bits per heavy atom. The van der Waals surface area contributed by atoms with Gasteiger partial charge in [-0.05, 0) is 67.2 Å². The highest BCUT2D eigenvalue weighted by Crippen LogP contribution is 2.56. The molecule has 1 amide bonds. The zero-order valence-corrected chi connectivity index (χ0v) is 18.1. The highest BCUT2D eigenvalue weighted by Gasteiger charge is 2.57. The Balaban J connectivity index is 1.63. The van der Waals surface area contributed by atoms with Gasteiger partial charge in [-0.15, -0.1) is 0 Å². The largest absolute Gasteiger partial charge is 0.497 e. The Morgan fingerprint density at radius 1 is 1.11 bits per heavy atom. The summed E-state index contributed by atoms with van der Waals surface area (Å²) in [5.41, 5.74) is 2.93. The van der Waals surface area contributed by atoms with Gasteiger partial charge < -0.3 is 14.4 Å². The molecule has 154 valence electrons. The molecule has 4 nitrogen and oxygen atoms in total. The lowest BCUT2D eigenvalue weighted by Crippen LogP contribution is -2.65. The molecule has 0 aromatic heterocycles. The number of rotatable bonds is 3. The van der Waals surface area contributed by atoms with Crippen molar-refractivity contribution in [1.82, 2.24) is 4.90 Å². The van der Waals surface area contributed by atoms with Crippen molar-refractivity contribution in [2.75, 3.05) is 20.8 Å². The quantitative estimate of drug-likeness (QED) is 0.777. The monoisotopic (exact) mass is 385 g/mol. The Bertz CT molecular complexity index is 750. The van der Waals surface area contributed by atoms with Crippen LogP contribution in [-0.2, 0) is 21.4 Å². The molecule has 2 fully saturated rings. The van der Waals surface area contributed by atoms with Crippen molar-refractivity contribution in [3.8, 4) is 5.75 Å². The maximum absolute atomic E-state index is 13.5. The van der Waals surface area contributed by atoms with Crippen LogP contribution in [0.3, 0.4) is 0 Å². The van der Waals surface area contributed by atoms with Gasteiger partial charge in [0.25, 0.3) is 0 Å². The highest BCUT2D eigenvalue weighted by atomic mass is 16.5. The first-order chi connectivity index (χ1) is 13.3. The van der Waals surface area contributed by atoms with Crippen LogP contribution in [0.5, 0.6) is 5.75 Å². The predicted molar refractivity (Wildman–Crippen MR) is 111 cm³/mol. The zero-order valence-electron chi connectivity index (χ0n) is 18.1. The lowest BCUT2D eigenvalue weighted by Gasteiger charge is -2.61. The summed E-state index contributed by atoms with van der Waals surface area (Å²) >= 11 is 0. The molecule has 1 aromatic rings. The minimum atomic E-state index is 0.0478. The van der Waals surface area contributed by atoms with E-state index in [1.807, 2.05) is 0 Å². The number of benzene rings is 1. The second kappa shape index (κ2) is 7.05. The smallest absolute Gasteiger partial charge is 0.225 e. The average molecular weight is 386 g/mol. The number of amides is 1. The van der Waals surface area contributed by atoms with Gasteiger partial charge in [-0.2, -0.15) is 0 Å². The molecule has 1 aliphatic heterocycles. The van der Waals surface area contributed by atoms with Crippen molar-refractivity contribution >= 4 is 5.91 Å². The third kappa shape index (κ3) is 2.87. The number of carbonyl (C=O) groups is 1. The van der Waals surface area contributed by atoms with Gasteiger partial charge in [-0.25, -0.2) is 0 Å². The van der Waals surface area contributed by atoms with Crippen molar-refractivity contribution in [2.45, 2.75) is 76.9 Å². The van der Waals surface area contributed by atoms with Crippen LogP contribution in [0, 0.1) is 11.3 Å². The van der Waals surface area contributed by atoms with Gasteiger partial charge >= 0.3 is 0 Å². The summed E-state index contributed by atoms with van der Waals surface area (Å²) in [7, 11) is 3.51. The molecule has 1 saturated heterocycles. The maximum Gasteiger partial charge on any atom is 0.225 e. The number of fused-ring (bicyclic) bond motifs is 4. The van der Waals surface area contributed by atoms with E-state index < -0.39 is 0 Å². The Morgan fingerprint density at radius 3 is 2.46 bits per heavy atom. The van der Waals surface area contributed by atoms with Crippen LogP contribution in [0.15, 0.2) is 18.2 Å². The van der Waals surface area contributed by atoms with Crippen molar-refractivity contribution < 1.29 is 14.3 Å². The molecule has 0 radical (unpaired) electrons.